The van der Waals surface area contributed by atoms with Gasteiger partial charge < -0.3 is 5.32 Å². The second-order valence-corrected chi connectivity index (χ2v) is 5.86. The Morgan fingerprint density at radius 3 is 2.47 bits per heavy atom. The molecule has 0 fully saturated rings. The molecule has 0 radical (unpaired) electrons. The zero-order chi connectivity index (χ0) is 14.3. The average molecular weight is 330 g/mol. The lowest BCUT2D eigenvalue weighted by molar-refractivity contribution is 0.369. The minimum atomic E-state index is -0.176. The van der Waals surface area contributed by atoms with Gasteiger partial charge in [-0.3, -0.25) is 0 Å². The van der Waals surface area contributed by atoms with Crippen LogP contribution in [-0.2, 0) is 0 Å². The summed E-state index contributed by atoms with van der Waals surface area (Å²) in [7, 11) is 0. The van der Waals surface area contributed by atoms with Gasteiger partial charge in [0.15, 0.2) is 0 Å². The minimum Gasteiger partial charge on any atom is -0.310 e. The first-order chi connectivity index (χ1) is 9.13. The van der Waals surface area contributed by atoms with Gasteiger partial charge in [0.25, 0.3) is 0 Å². The van der Waals surface area contributed by atoms with Gasteiger partial charge in [0.05, 0.1) is 4.47 Å². The van der Waals surface area contributed by atoms with E-state index in [-0.39, 0.29) is 11.9 Å². The van der Waals surface area contributed by atoms with Crippen molar-refractivity contribution in [2.75, 3.05) is 6.54 Å². The summed E-state index contributed by atoms with van der Waals surface area (Å²) >= 11 is 3.39. The van der Waals surface area contributed by atoms with Crippen molar-refractivity contribution in [2.24, 2.45) is 5.92 Å². The van der Waals surface area contributed by atoms with Crippen LogP contribution in [0.5, 0.6) is 0 Å². The Hall–Kier alpha value is -0.410. The molecule has 0 heterocycles. The van der Waals surface area contributed by atoms with Crippen LogP contribution in [-0.4, -0.2) is 6.54 Å². The highest BCUT2D eigenvalue weighted by Crippen LogP contribution is 2.31. The molecular weight excluding hydrogens is 305 g/mol. The maximum Gasteiger partial charge on any atom is 0.137 e. The third kappa shape index (κ3) is 4.88. The van der Waals surface area contributed by atoms with E-state index in [4.69, 9.17) is 0 Å². The predicted molar refractivity (Wildman–Crippen MR) is 83.8 cm³/mol. The van der Waals surface area contributed by atoms with Crippen LogP contribution < -0.4 is 5.32 Å². The molecular formula is C16H25BrFN. The topological polar surface area (TPSA) is 12.0 Å². The molecule has 19 heavy (non-hydrogen) atoms. The molecule has 0 amide bonds. The highest BCUT2D eigenvalue weighted by Gasteiger charge is 2.19. The van der Waals surface area contributed by atoms with Crippen LogP contribution in [0.15, 0.2) is 22.7 Å². The molecule has 0 aliphatic rings. The molecule has 0 aromatic heterocycles. The van der Waals surface area contributed by atoms with Crippen molar-refractivity contribution in [3.8, 4) is 0 Å². The first-order valence-electron chi connectivity index (χ1n) is 7.31. The van der Waals surface area contributed by atoms with Crippen molar-refractivity contribution in [3.63, 3.8) is 0 Å². The van der Waals surface area contributed by atoms with E-state index in [1.54, 1.807) is 6.07 Å². The van der Waals surface area contributed by atoms with Crippen molar-refractivity contribution in [3.05, 3.63) is 34.1 Å². The van der Waals surface area contributed by atoms with Gasteiger partial charge in [0.2, 0.25) is 0 Å². The lowest BCUT2D eigenvalue weighted by Crippen LogP contribution is -2.25. The molecule has 0 aliphatic carbocycles. The molecule has 1 rings (SSSR count). The highest BCUT2D eigenvalue weighted by atomic mass is 79.9. The van der Waals surface area contributed by atoms with E-state index < -0.39 is 0 Å². The first-order valence-corrected chi connectivity index (χ1v) is 8.10. The molecule has 1 aromatic carbocycles. The summed E-state index contributed by atoms with van der Waals surface area (Å²) in [5, 5.41) is 3.56. The van der Waals surface area contributed by atoms with Crippen LogP contribution in [0, 0.1) is 11.7 Å². The van der Waals surface area contributed by atoms with Crippen LogP contribution in [0.2, 0.25) is 0 Å². The zero-order valence-corrected chi connectivity index (χ0v) is 13.8. The SMILES string of the molecule is CCCNC(CC(CC)CC)c1cccc(F)c1Br. The first kappa shape index (κ1) is 16.6. The van der Waals surface area contributed by atoms with Gasteiger partial charge >= 0.3 is 0 Å². The fourth-order valence-electron chi connectivity index (χ4n) is 2.38. The van der Waals surface area contributed by atoms with Crippen LogP contribution in [0.4, 0.5) is 4.39 Å². The molecule has 1 unspecified atom stereocenters. The number of nitrogens with one attached hydrogen (secondary N) is 1. The van der Waals surface area contributed by atoms with Crippen molar-refractivity contribution < 1.29 is 4.39 Å². The minimum absolute atomic E-state index is 0.176. The van der Waals surface area contributed by atoms with E-state index in [9.17, 15) is 4.39 Å². The van der Waals surface area contributed by atoms with Gasteiger partial charge in [0, 0.05) is 6.04 Å². The number of hydrogen-bond donors (Lipinski definition) is 1. The molecule has 0 saturated heterocycles. The van der Waals surface area contributed by atoms with Crippen molar-refractivity contribution in [1.29, 1.82) is 0 Å². The standard InChI is InChI=1S/C16H25BrFN/c1-4-10-19-15(11-12(5-2)6-3)13-8-7-9-14(18)16(13)17/h7-9,12,15,19H,4-6,10-11H2,1-3H3. The van der Waals surface area contributed by atoms with Gasteiger partial charge in [-0.25, -0.2) is 4.39 Å². The molecule has 3 heteroatoms. The monoisotopic (exact) mass is 329 g/mol. The summed E-state index contributed by atoms with van der Waals surface area (Å²) in [6.07, 6.45) is 4.50. The third-order valence-electron chi connectivity index (χ3n) is 3.72. The van der Waals surface area contributed by atoms with Crippen molar-refractivity contribution in [1.82, 2.24) is 5.32 Å². The zero-order valence-electron chi connectivity index (χ0n) is 12.2. The second kappa shape index (κ2) is 8.70. The molecule has 1 nitrogen and oxygen atoms in total. The molecule has 0 spiro atoms. The third-order valence-corrected chi connectivity index (χ3v) is 4.56. The normalized spacial score (nSPS) is 12.9. The molecule has 0 aliphatic heterocycles. The molecule has 1 atom stereocenters. The Balaban J connectivity index is 2.91. The molecule has 0 bridgehead atoms. The second-order valence-electron chi connectivity index (χ2n) is 5.07. The summed E-state index contributed by atoms with van der Waals surface area (Å²) in [4.78, 5) is 0. The Morgan fingerprint density at radius 2 is 1.89 bits per heavy atom. The maximum absolute atomic E-state index is 13.7. The quantitative estimate of drug-likeness (QED) is 0.668. The Labute approximate surface area is 125 Å². The van der Waals surface area contributed by atoms with Crippen molar-refractivity contribution in [2.45, 2.75) is 52.5 Å². The highest BCUT2D eigenvalue weighted by molar-refractivity contribution is 9.10. The van der Waals surface area contributed by atoms with Gasteiger partial charge in [-0.1, -0.05) is 45.7 Å². The van der Waals surface area contributed by atoms with E-state index in [0.717, 1.165) is 24.9 Å². The summed E-state index contributed by atoms with van der Waals surface area (Å²) in [5.41, 5.74) is 1.04. The average Bonchev–Trinajstić information content (AvgIpc) is 2.43. The fraction of sp³-hybridized carbons (Fsp3) is 0.625. The predicted octanol–water partition coefficient (Wildman–Crippen LogP) is 5.46. The van der Waals surface area contributed by atoms with Gasteiger partial charge in [0.1, 0.15) is 5.82 Å². The van der Waals surface area contributed by atoms with Crippen molar-refractivity contribution >= 4 is 15.9 Å². The molecule has 0 saturated carbocycles. The number of rotatable bonds is 8. The van der Waals surface area contributed by atoms with Gasteiger partial charge in [-0.05, 0) is 52.9 Å². The van der Waals surface area contributed by atoms with E-state index in [1.165, 1.54) is 18.9 Å². The Morgan fingerprint density at radius 1 is 1.21 bits per heavy atom. The van der Waals surface area contributed by atoms with Gasteiger partial charge in [-0.2, -0.15) is 0 Å². The number of halogens is 2. The summed E-state index contributed by atoms with van der Waals surface area (Å²) in [6.45, 7) is 7.58. The summed E-state index contributed by atoms with van der Waals surface area (Å²) < 4.78 is 14.3. The van der Waals surface area contributed by atoms with Crippen LogP contribution in [0.3, 0.4) is 0 Å². The summed E-state index contributed by atoms with van der Waals surface area (Å²) in [6, 6.07) is 5.54. The largest absolute Gasteiger partial charge is 0.310 e. The Kier molecular flexibility index (Phi) is 7.62. The summed E-state index contributed by atoms with van der Waals surface area (Å²) in [5.74, 6) is 0.509. The fourth-order valence-corrected chi connectivity index (χ4v) is 2.92. The number of hydrogen-bond acceptors (Lipinski definition) is 1. The van der Waals surface area contributed by atoms with E-state index in [0.29, 0.717) is 10.4 Å². The lowest BCUT2D eigenvalue weighted by Gasteiger charge is -2.24. The maximum atomic E-state index is 13.7. The molecule has 108 valence electrons. The number of benzene rings is 1. The van der Waals surface area contributed by atoms with Crippen LogP contribution in [0.1, 0.15) is 58.1 Å². The van der Waals surface area contributed by atoms with Gasteiger partial charge in [-0.15, -0.1) is 0 Å². The molecule has 1 N–H and O–H groups in total. The lowest BCUT2D eigenvalue weighted by atomic mass is 9.91. The van der Waals surface area contributed by atoms with E-state index in [2.05, 4.69) is 42.0 Å². The van der Waals surface area contributed by atoms with E-state index in [1.807, 2.05) is 6.07 Å². The van der Waals surface area contributed by atoms with E-state index >= 15 is 0 Å². The molecule has 1 aromatic rings. The smallest absolute Gasteiger partial charge is 0.137 e. The Bertz CT molecular complexity index is 377. The van der Waals surface area contributed by atoms with Crippen LogP contribution >= 0.6 is 15.9 Å². The van der Waals surface area contributed by atoms with Crippen LogP contribution in [0.25, 0.3) is 0 Å².